The summed E-state index contributed by atoms with van der Waals surface area (Å²) in [6.45, 7) is 2.32. The molecule has 2 aromatic heterocycles. The van der Waals surface area contributed by atoms with Gasteiger partial charge < -0.3 is 5.73 Å². The second-order valence-corrected chi connectivity index (χ2v) is 4.69. The number of pyridine rings is 1. The van der Waals surface area contributed by atoms with Crippen LogP contribution in [0.3, 0.4) is 0 Å². The first-order chi connectivity index (χ1) is 9.63. The zero-order valence-corrected chi connectivity index (χ0v) is 11.1. The van der Waals surface area contributed by atoms with Gasteiger partial charge in [0.2, 0.25) is 0 Å². The summed E-state index contributed by atoms with van der Waals surface area (Å²) in [5.41, 5.74) is 8.31. The molecule has 0 spiro atoms. The quantitative estimate of drug-likeness (QED) is 0.766. The van der Waals surface area contributed by atoms with Crippen molar-refractivity contribution in [2.45, 2.75) is 13.5 Å². The highest BCUT2D eigenvalue weighted by Crippen LogP contribution is 2.18. The van der Waals surface area contributed by atoms with Crippen LogP contribution in [0.25, 0.3) is 10.9 Å². The lowest BCUT2D eigenvalue weighted by molar-refractivity contribution is 0.646. The maximum absolute atomic E-state index is 11.8. The van der Waals surface area contributed by atoms with Gasteiger partial charge in [-0.15, -0.1) is 0 Å². The molecule has 0 radical (unpaired) electrons. The summed E-state index contributed by atoms with van der Waals surface area (Å²) in [5, 5.41) is 5.09. The predicted molar refractivity (Wildman–Crippen MR) is 78.5 cm³/mol. The van der Waals surface area contributed by atoms with Gasteiger partial charge in [0.25, 0.3) is 5.56 Å². The highest BCUT2D eigenvalue weighted by Gasteiger charge is 2.06. The summed E-state index contributed by atoms with van der Waals surface area (Å²) in [7, 11) is 0. The van der Waals surface area contributed by atoms with Crippen molar-refractivity contribution >= 4 is 16.7 Å². The molecule has 2 heterocycles. The van der Waals surface area contributed by atoms with E-state index in [-0.39, 0.29) is 5.56 Å². The Morgan fingerprint density at radius 3 is 2.85 bits per heavy atom. The highest BCUT2D eigenvalue weighted by molar-refractivity contribution is 5.82. The summed E-state index contributed by atoms with van der Waals surface area (Å²) in [6, 6.07) is 12.8. The van der Waals surface area contributed by atoms with Crippen molar-refractivity contribution in [3.63, 3.8) is 0 Å². The topological polar surface area (TPSA) is 73.8 Å². The molecule has 100 valence electrons. The molecule has 0 bridgehead atoms. The molecule has 3 aromatic rings. The van der Waals surface area contributed by atoms with Gasteiger partial charge in [0.05, 0.1) is 12.1 Å². The summed E-state index contributed by atoms with van der Waals surface area (Å²) in [4.78, 5) is 16.3. The Labute approximate surface area is 115 Å². The number of rotatable bonds is 2. The molecule has 5 nitrogen and oxygen atoms in total. The van der Waals surface area contributed by atoms with Gasteiger partial charge in [-0.2, -0.15) is 5.10 Å². The van der Waals surface area contributed by atoms with E-state index in [1.807, 2.05) is 37.3 Å². The van der Waals surface area contributed by atoms with Gasteiger partial charge in [-0.1, -0.05) is 18.2 Å². The molecule has 0 unspecified atom stereocenters. The molecule has 0 aliphatic rings. The molecule has 20 heavy (non-hydrogen) atoms. The molecule has 5 heteroatoms. The van der Waals surface area contributed by atoms with Crippen LogP contribution in [0.1, 0.15) is 11.3 Å². The third-order valence-corrected chi connectivity index (χ3v) is 3.14. The number of fused-ring (bicyclic) bond motifs is 1. The molecule has 0 saturated heterocycles. The third kappa shape index (κ3) is 2.25. The van der Waals surface area contributed by atoms with E-state index in [9.17, 15) is 4.79 Å². The number of nitrogens with two attached hydrogens (primary N) is 1. The molecule has 0 fully saturated rings. The van der Waals surface area contributed by atoms with Crippen LogP contribution in [0.15, 0.2) is 47.3 Å². The lowest BCUT2D eigenvalue weighted by Gasteiger charge is -2.09. The third-order valence-electron chi connectivity index (χ3n) is 3.14. The normalized spacial score (nSPS) is 10.8. The minimum Gasteiger partial charge on any atom is -0.382 e. The second kappa shape index (κ2) is 4.77. The molecule has 3 rings (SSSR count). The summed E-state index contributed by atoms with van der Waals surface area (Å²) in [5.74, 6) is 0.333. The number of aryl methyl sites for hydroxylation is 1. The van der Waals surface area contributed by atoms with E-state index in [1.165, 1.54) is 16.8 Å². The Balaban J connectivity index is 2.15. The monoisotopic (exact) mass is 266 g/mol. The zero-order chi connectivity index (χ0) is 14.1. The van der Waals surface area contributed by atoms with Crippen molar-refractivity contribution in [2.24, 2.45) is 0 Å². The fourth-order valence-electron chi connectivity index (χ4n) is 2.26. The molecule has 0 saturated carbocycles. The first-order valence-corrected chi connectivity index (χ1v) is 6.32. The average Bonchev–Trinajstić information content (AvgIpc) is 2.43. The van der Waals surface area contributed by atoms with Crippen LogP contribution in [0, 0.1) is 6.92 Å². The number of para-hydroxylation sites is 1. The van der Waals surface area contributed by atoms with E-state index in [4.69, 9.17) is 5.73 Å². The van der Waals surface area contributed by atoms with Crippen LogP contribution >= 0.6 is 0 Å². The van der Waals surface area contributed by atoms with Gasteiger partial charge in [0.15, 0.2) is 0 Å². The molecule has 0 aliphatic heterocycles. The first kappa shape index (κ1) is 12.3. The molecule has 0 aliphatic carbocycles. The number of hydrogen-bond acceptors (Lipinski definition) is 4. The van der Waals surface area contributed by atoms with Gasteiger partial charge in [0.1, 0.15) is 5.82 Å². The van der Waals surface area contributed by atoms with Crippen molar-refractivity contribution in [3.05, 3.63) is 64.1 Å². The molecule has 0 amide bonds. The number of anilines is 1. The van der Waals surface area contributed by atoms with Crippen molar-refractivity contribution in [2.75, 3.05) is 5.73 Å². The van der Waals surface area contributed by atoms with E-state index in [2.05, 4.69) is 10.1 Å². The number of nitrogen functional groups attached to an aromatic ring is 1. The van der Waals surface area contributed by atoms with E-state index in [0.717, 1.165) is 22.2 Å². The number of benzene rings is 1. The van der Waals surface area contributed by atoms with E-state index >= 15 is 0 Å². The van der Waals surface area contributed by atoms with Crippen molar-refractivity contribution < 1.29 is 0 Å². The van der Waals surface area contributed by atoms with Crippen molar-refractivity contribution in [1.82, 2.24) is 14.8 Å². The fourth-order valence-corrected chi connectivity index (χ4v) is 2.26. The van der Waals surface area contributed by atoms with Gasteiger partial charge in [-0.3, -0.25) is 9.78 Å². The Morgan fingerprint density at radius 2 is 2.00 bits per heavy atom. The van der Waals surface area contributed by atoms with Crippen LogP contribution in [0.4, 0.5) is 5.82 Å². The molecule has 0 atom stereocenters. The zero-order valence-electron chi connectivity index (χ0n) is 11.1. The minimum absolute atomic E-state index is 0.169. The van der Waals surface area contributed by atoms with Crippen molar-refractivity contribution in [3.8, 4) is 0 Å². The lowest BCUT2D eigenvalue weighted by atomic mass is 10.1. The lowest BCUT2D eigenvalue weighted by Crippen LogP contribution is -2.23. The molecular weight excluding hydrogens is 252 g/mol. The highest BCUT2D eigenvalue weighted by atomic mass is 16.1. The fraction of sp³-hybridized carbons (Fsp3) is 0.133. The summed E-state index contributed by atoms with van der Waals surface area (Å²) in [6.07, 6.45) is 0. The largest absolute Gasteiger partial charge is 0.382 e. The second-order valence-electron chi connectivity index (χ2n) is 4.69. The van der Waals surface area contributed by atoms with E-state index in [0.29, 0.717) is 12.4 Å². The first-order valence-electron chi connectivity index (χ1n) is 6.32. The number of nitrogens with zero attached hydrogens (tertiary/aromatic N) is 3. The minimum atomic E-state index is -0.169. The van der Waals surface area contributed by atoms with Crippen LogP contribution in [0.2, 0.25) is 0 Å². The van der Waals surface area contributed by atoms with Crippen LogP contribution in [-0.4, -0.2) is 14.8 Å². The SMILES string of the molecule is Cc1cc(Cn2nc(N)ccc2=O)c2ccccc2n1. The summed E-state index contributed by atoms with van der Waals surface area (Å²) >= 11 is 0. The number of aromatic nitrogens is 3. The molecular formula is C15H14N4O. The van der Waals surface area contributed by atoms with E-state index < -0.39 is 0 Å². The van der Waals surface area contributed by atoms with Crippen LogP contribution in [0.5, 0.6) is 0 Å². The van der Waals surface area contributed by atoms with Crippen molar-refractivity contribution in [1.29, 1.82) is 0 Å². The smallest absolute Gasteiger partial charge is 0.267 e. The standard InChI is InChI=1S/C15H14N4O/c1-10-8-11(12-4-2-3-5-13(12)17-10)9-19-15(20)7-6-14(16)18-19/h2-8H,9H2,1H3,(H2,16,18). The van der Waals surface area contributed by atoms with E-state index in [1.54, 1.807) is 0 Å². The molecule has 2 N–H and O–H groups in total. The van der Waals surface area contributed by atoms with Gasteiger partial charge >= 0.3 is 0 Å². The Morgan fingerprint density at radius 1 is 1.20 bits per heavy atom. The van der Waals surface area contributed by atoms with Crippen LogP contribution in [-0.2, 0) is 6.54 Å². The Kier molecular flexibility index (Phi) is 2.95. The molecule has 1 aromatic carbocycles. The Hall–Kier alpha value is -2.69. The maximum Gasteiger partial charge on any atom is 0.267 e. The Bertz CT molecular complexity index is 839. The van der Waals surface area contributed by atoms with Gasteiger partial charge in [-0.25, -0.2) is 4.68 Å². The van der Waals surface area contributed by atoms with Crippen LogP contribution < -0.4 is 11.3 Å². The average molecular weight is 266 g/mol. The van der Waals surface area contributed by atoms with Gasteiger partial charge in [-0.05, 0) is 30.7 Å². The maximum atomic E-state index is 11.8. The van der Waals surface area contributed by atoms with Gasteiger partial charge in [0, 0.05) is 17.1 Å². The predicted octanol–water partition coefficient (Wildman–Crippen LogP) is 1.73. The summed E-state index contributed by atoms with van der Waals surface area (Å²) < 4.78 is 1.37. The number of hydrogen-bond donors (Lipinski definition) is 1.